The Bertz CT molecular complexity index is 636. The zero-order valence-corrected chi connectivity index (χ0v) is 16.1. The van der Waals surface area contributed by atoms with Gasteiger partial charge in [-0.15, -0.1) is 40.8 Å². The largest absolute Gasteiger partial charge is 0.357 e. The molecule has 6 nitrogen and oxygen atoms in total. The topological polar surface area (TPSA) is 57.8 Å². The van der Waals surface area contributed by atoms with Gasteiger partial charge in [-0.05, 0) is 31.9 Å². The van der Waals surface area contributed by atoms with Gasteiger partial charge in [0.05, 0.1) is 0 Å². The van der Waals surface area contributed by atoms with Crippen LogP contribution in [0.15, 0.2) is 42.0 Å². The molecule has 0 saturated carbocycles. The highest BCUT2D eigenvalue weighted by Gasteiger charge is 2.07. The number of halogens is 1. The van der Waals surface area contributed by atoms with Gasteiger partial charge in [0.25, 0.3) is 0 Å². The average molecular weight is 428 g/mol. The van der Waals surface area contributed by atoms with Gasteiger partial charge < -0.3 is 10.2 Å². The van der Waals surface area contributed by atoms with E-state index in [0.29, 0.717) is 6.54 Å². The molecule has 0 fully saturated rings. The fourth-order valence-corrected chi connectivity index (χ4v) is 2.19. The Kier molecular flexibility index (Phi) is 8.60. The molecule has 0 radical (unpaired) electrons. The van der Waals surface area contributed by atoms with E-state index in [0.717, 1.165) is 43.4 Å². The maximum absolute atomic E-state index is 4.67. The van der Waals surface area contributed by atoms with Crippen LogP contribution in [0.4, 0.5) is 0 Å². The van der Waals surface area contributed by atoms with Gasteiger partial charge in [-0.1, -0.05) is 12.1 Å². The van der Waals surface area contributed by atoms with E-state index in [4.69, 9.17) is 0 Å². The van der Waals surface area contributed by atoms with Crippen LogP contribution in [0.25, 0.3) is 5.65 Å². The van der Waals surface area contributed by atoms with Crippen LogP contribution in [-0.4, -0.2) is 45.6 Å². The summed E-state index contributed by atoms with van der Waals surface area (Å²) in [5.74, 6) is 1.73. The van der Waals surface area contributed by atoms with Gasteiger partial charge in [0.2, 0.25) is 0 Å². The summed E-state index contributed by atoms with van der Waals surface area (Å²) in [6, 6.07) is 5.86. The Morgan fingerprint density at radius 1 is 1.43 bits per heavy atom. The number of allylic oxidation sites excluding steroid dienone is 1. The first kappa shape index (κ1) is 19.4. The van der Waals surface area contributed by atoms with Crippen LogP contribution in [0.5, 0.6) is 0 Å². The fourth-order valence-electron chi connectivity index (χ4n) is 2.19. The Labute approximate surface area is 154 Å². The van der Waals surface area contributed by atoms with E-state index >= 15 is 0 Å². The number of nitrogens with one attached hydrogen (secondary N) is 1. The summed E-state index contributed by atoms with van der Waals surface area (Å²) >= 11 is 0. The molecule has 0 atom stereocenters. The lowest BCUT2D eigenvalue weighted by Crippen LogP contribution is -2.39. The third-order valence-electron chi connectivity index (χ3n) is 3.35. The van der Waals surface area contributed by atoms with Crippen molar-refractivity contribution in [2.45, 2.75) is 26.3 Å². The zero-order chi connectivity index (χ0) is 15.8. The second-order valence-electron chi connectivity index (χ2n) is 5.07. The minimum absolute atomic E-state index is 0. The molecular weight excluding hydrogens is 403 g/mol. The van der Waals surface area contributed by atoms with E-state index in [2.05, 4.69) is 38.9 Å². The molecule has 2 heterocycles. The Morgan fingerprint density at radius 3 is 3.00 bits per heavy atom. The average Bonchev–Trinajstić information content (AvgIpc) is 2.95. The van der Waals surface area contributed by atoms with Crippen molar-refractivity contribution in [2.75, 3.05) is 20.1 Å². The van der Waals surface area contributed by atoms with Gasteiger partial charge in [0, 0.05) is 26.3 Å². The maximum Gasteiger partial charge on any atom is 0.194 e. The second kappa shape index (κ2) is 10.2. The number of aliphatic imine (C=N–C) groups is 1. The summed E-state index contributed by atoms with van der Waals surface area (Å²) in [4.78, 5) is 6.80. The van der Waals surface area contributed by atoms with E-state index in [1.807, 2.05) is 41.9 Å². The SMILES string of the molecule is C=CCCCN(C)C(=NCc1nnc2ccccn12)NCC.I. The lowest BCUT2D eigenvalue weighted by molar-refractivity contribution is 0.469. The van der Waals surface area contributed by atoms with Gasteiger partial charge >= 0.3 is 0 Å². The molecule has 1 N–H and O–H groups in total. The summed E-state index contributed by atoms with van der Waals surface area (Å²) in [5, 5.41) is 11.7. The number of fused-ring (bicyclic) bond motifs is 1. The highest BCUT2D eigenvalue weighted by atomic mass is 127. The predicted molar refractivity (Wildman–Crippen MR) is 105 cm³/mol. The first-order valence-corrected chi connectivity index (χ1v) is 7.65. The molecular formula is C16H25IN6. The van der Waals surface area contributed by atoms with Crippen molar-refractivity contribution in [3.05, 3.63) is 42.9 Å². The van der Waals surface area contributed by atoms with Gasteiger partial charge in [-0.2, -0.15) is 0 Å². The maximum atomic E-state index is 4.67. The summed E-state index contributed by atoms with van der Waals surface area (Å²) in [7, 11) is 2.05. The highest BCUT2D eigenvalue weighted by molar-refractivity contribution is 14.0. The number of rotatable bonds is 7. The summed E-state index contributed by atoms with van der Waals surface area (Å²) in [5.41, 5.74) is 0.844. The number of nitrogens with zero attached hydrogens (tertiary/aromatic N) is 5. The highest BCUT2D eigenvalue weighted by Crippen LogP contribution is 2.04. The minimum Gasteiger partial charge on any atom is -0.357 e. The number of aromatic nitrogens is 3. The lowest BCUT2D eigenvalue weighted by Gasteiger charge is -2.21. The van der Waals surface area contributed by atoms with Crippen LogP contribution < -0.4 is 5.32 Å². The van der Waals surface area contributed by atoms with Crippen LogP contribution in [0.1, 0.15) is 25.6 Å². The van der Waals surface area contributed by atoms with Crippen LogP contribution in [0, 0.1) is 0 Å². The van der Waals surface area contributed by atoms with Gasteiger partial charge in [-0.25, -0.2) is 4.99 Å². The normalized spacial score (nSPS) is 11.1. The third kappa shape index (κ3) is 5.49. The molecule has 0 bridgehead atoms. The quantitative estimate of drug-likeness (QED) is 0.242. The van der Waals surface area contributed by atoms with Crippen LogP contribution in [-0.2, 0) is 6.54 Å². The molecule has 0 saturated heterocycles. The smallest absolute Gasteiger partial charge is 0.194 e. The van der Waals surface area contributed by atoms with Crippen LogP contribution >= 0.6 is 24.0 Å². The molecule has 0 amide bonds. The second-order valence-corrected chi connectivity index (χ2v) is 5.07. The molecule has 2 rings (SSSR count). The Hall–Kier alpha value is -1.64. The zero-order valence-electron chi connectivity index (χ0n) is 13.8. The first-order chi connectivity index (χ1) is 10.8. The van der Waals surface area contributed by atoms with E-state index < -0.39 is 0 Å². The Balaban J connectivity index is 0.00000264. The van der Waals surface area contributed by atoms with Crippen molar-refractivity contribution < 1.29 is 0 Å². The third-order valence-corrected chi connectivity index (χ3v) is 3.35. The molecule has 23 heavy (non-hydrogen) atoms. The van der Waals surface area contributed by atoms with E-state index in [9.17, 15) is 0 Å². The molecule has 0 unspecified atom stereocenters. The van der Waals surface area contributed by atoms with Gasteiger partial charge in [0.15, 0.2) is 17.4 Å². The standard InChI is InChI=1S/C16H24N6.HI/c1-4-6-8-11-21(3)16(17-5-2)18-13-15-20-19-14-10-7-9-12-22(14)15;/h4,7,9-10,12H,1,5-6,8,11,13H2,2-3H3,(H,17,18);1H. The van der Waals surface area contributed by atoms with E-state index in [1.54, 1.807) is 0 Å². The Morgan fingerprint density at radius 2 is 2.26 bits per heavy atom. The van der Waals surface area contributed by atoms with Crippen LogP contribution in [0.3, 0.4) is 0 Å². The van der Waals surface area contributed by atoms with Crippen molar-refractivity contribution in [1.29, 1.82) is 0 Å². The number of pyridine rings is 1. The monoisotopic (exact) mass is 428 g/mol. The first-order valence-electron chi connectivity index (χ1n) is 7.65. The molecule has 2 aromatic rings. The molecule has 0 aliphatic heterocycles. The molecule has 0 aliphatic carbocycles. The summed E-state index contributed by atoms with van der Waals surface area (Å²) < 4.78 is 1.96. The van der Waals surface area contributed by atoms with Crippen molar-refractivity contribution in [1.82, 2.24) is 24.8 Å². The van der Waals surface area contributed by atoms with Crippen molar-refractivity contribution >= 4 is 35.6 Å². The van der Waals surface area contributed by atoms with Crippen molar-refractivity contribution in [3.8, 4) is 0 Å². The van der Waals surface area contributed by atoms with Crippen molar-refractivity contribution in [2.24, 2.45) is 4.99 Å². The van der Waals surface area contributed by atoms with Crippen molar-refractivity contribution in [3.63, 3.8) is 0 Å². The molecule has 2 aromatic heterocycles. The molecule has 0 spiro atoms. The number of unbranched alkanes of at least 4 members (excludes halogenated alkanes) is 1. The molecule has 0 aromatic carbocycles. The molecule has 7 heteroatoms. The molecule has 0 aliphatic rings. The number of guanidine groups is 1. The molecule has 126 valence electrons. The summed E-state index contributed by atoms with van der Waals surface area (Å²) in [6.45, 7) is 8.11. The van der Waals surface area contributed by atoms with E-state index in [1.165, 1.54) is 0 Å². The number of hydrogen-bond donors (Lipinski definition) is 1. The summed E-state index contributed by atoms with van der Waals surface area (Å²) in [6.07, 6.45) is 5.98. The number of hydrogen-bond acceptors (Lipinski definition) is 3. The van der Waals surface area contributed by atoms with Gasteiger partial charge in [0.1, 0.15) is 6.54 Å². The minimum atomic E-state index is 0. The lowest BCUT2D eigenvalue weighted by atomic mass is 10.3. The van der Waals surface area contributed by atoms with E-state index in [-0.39, 0.29) is 24.0 Å². The predicted octanol–water partition coefficient (Wildman–Crippen LogP) is 2.71. The van der Waals surface area contributed by atoms with Gasteiger partial charge in [-0.3, -0.25) is 4.40 Å². The fraction of sp³-hybridized carbons (Fsp3) is 0.438. The van der Waals surface area contributed by atoms with Crippen LogP contribution in [0.2, 0.25) is 0 Å².